The summed E-state index contributed by atoms with van der Waals surface area (Å²) in [6, 6.07) is 8.87. The molecule has 1 rings (SSSR count). The van der Waals surface area contributed by atoms with Crippen molar-refractivity contribution in [2.45, 2.75) is 6.54 Å². The predicted octanol–water partition coefficient (Wildman–Crippen LogP) is -0.0488. The molecule has 1 aromatic carbocycles. The van der Waals surface area contributed by atoms with Crippen molar-refractivity contribution in [3.63, 3.8) is 0 Å². The molecule has 0 saturated carbocycles. The third-order valence-electron chi connectivity index (χ3n) is 2.17. The highest BCUT2D eigenvalue weighted by atomic mass is 16.5. The molecule has 0 saturated heterocycles. The summed E-state index contributed by atoms with van der Waals surface area (Å²) in [7, 11) is 1.53. The minimum absolute atomic E-state index is 0.183. The Labute approximate surface area is 105 Å². The lowest BCUT2D eigenvalue weighted by molar-refractivity contribution is -0.139. The van der Waals surface area contributed by atoms with Gasteiger partial charge in [0.15, 0.2) is 0 Å². The third kappa shape index (κ3) is 3.79. The Bertz CT molecular complexity index is 480. The molecular formula is C12H13N3O3. The molecule has 1 aromatic rings. The van der Waals surface area contributed by atoms with Gasteiger partial charge in [-0.15, -0.1) is 0 Å². The van der Waals surface area contributed by atoms with Gasteiger partial charge in [0.05, 0.1) is 13.2 Å². The summed E-state index contributed by atoms with van der Waals surface area (Å²) in [5.74, 6) is -0.974. The number of nitrogens with one attached hydrogen (secondary N) is 2. The fourth-order valence-electron chi connectivity index (χ4n) is 1.30. The number of hydrogen-bond donors (Lipinski definition) is 2. The molecular weight excluding hydrogens is 234 g/mol. The first-order valence-electron chi connectivity index (χ1n) is 5.24. The molecule has 18 heavy (non-hydrogen) atoms. The third-order valence-corrected chi connectivity index (χ3v) is 2.17. The molecule has 0 radical (unpaired) electrons. The van der Waals surface area contributed by atoms with Gasteiger partial charge in [-0.3, -0.25) is 9.59 Å². The van der Waals surface area contributed by atoms with Crippen LogP contribution in [0.25, 0.3) is 0 Å². The number of hydrogen-bond acceptors (Lipinski definition) is 4. The van der Waals surface area contributed by atoms with E-state index in [1.54, 1.807) is 24.3 Å². The lowest BCUT2D eigenvalue weighted by Gasteiger charge is -2.08. The van der Waals surface area contributed by atoms with Crippen LogP contribution in [-0.4, -0.2) is 25.5 Å². The van der Waals surface area contributed by atoms with Gasteiger partial charge in [-0.05, 0) is 6.07 Å². The first-order valence-corrected chi connectivity index (χ1v) is 5.24. The minimum Gasteiger partial charge on any atom is -0.496 e. The van der Waals surface area contributed by atoms with Gasteiger partial charge in [-0.25, -0.2) is 0 Å². The van der Waals surface area contributed by atoms with Crippen LogP contribution in [0.2, 0.25) is 0 Å². The number of rotatable bonds is 4. The van der Waals surface area contributed by atoms with Crippen molar-refractivity contribution < 1.29 is 14.3 Å². The molecule has 0 aromatic heterocycles. The fraction of sp³-hybridized carbons (Fsp3) is 0.250. The van der Waals surface area contributed by atoms with Gasteiger partial charge in [-0.1, -0.05) is 18.2 Å². The quantitative estimate of drug-likeness (QED) is 0.576. The van der Waals surface area contributed by atoms with Crippen molar-refractivity contribution in [1.82, 2.24) is 10.6 Å². The lowest BCUT2D eigenvalue weighted by Crippen LogP contribution is -2.39. The van der Waals surface area contributed by atoms with E-state index in [1.807, 2.05) is 6.07 Å². The molecule has 0 unspecified atom stereocenters. The molecule has 0 spiro atoms. The zero-order valence-corrected chi connectivity index (χ0v) is 9.90. The number of para-hydroxylation sites is 1. The molecule has 0 aliphatic carbocycles. The van der Waals surface area contributed by atoms with E-state index in [4.69, 9.17) is 10.00 Å². The van der Waals surface area contributed by atoms with Crippen LogP contribution < -0.4 is 15.4 Å². The Morgan fingerprint density at radius 3 is 2.61 bits per heavy atom. The van der Waals surface area contributed by atoms with Gasteiger partial charge in [0.1, 0.15) is 12.3 Å². The maximum Gasteiger partial charge on any atom is 0.310 e. The maximum atomic E-state index is 11.3. The van der Waals surface area contributed by atoms with Crippen LogP contribution in [-0.2, 0) is 16.1 Å². The van der Waals surface area contributed by atoms with Gasteiger partial charge < -0.3 is 15.4 Å². The van der Waals surface area contributed by atoms with Crippen molar-refractivity contribution >= 4 is 11.8 Å². The molecule has 0 heterocycles. The Morgan fingerprint density at radius 1 is 1.28 bits per heavy atom. The number of carbonyl (C=O) groups is 2. The topological polar surface area (TPSA) is 91.2 Å². The molecule has 6 nitrogen and oxygen atoms in total. The van der Waals surface area contributed by atoms with Gasteiger partial charge in [0.2, 0.25) is 0 Å². The summed E-state index contributed by atoms with van der Waals surface area (Å²) in [6.45, 7) is -0.0102. The highest BCUT2D eigenvalue weighted by Gasteiger charge is 2.12. The number of ether oxygens (including phenoxy) is 1. The Morgan fingerprint density at radius 2 is 1.94 bits per heavy atom. The molecule has 94 valence electrons. The van der Waals surface area contributed by atoms with E-state index in [2.05, 4.69) is 10.6 Å². The van der Waals surface area contributed by atoms with Crippen molar-refractivity contribution in [1.29, 1.82) is 5.26 Å². The van der Waals surface area contributed by atoms with E-state index in [0.29, 0.717) is 5.75 Å². The van der Waals surface area contributed by atoms with Crippen molar-refractivity contribution in [3.05, 3.63) is 29.8 Å². The molecule has 0 fully saturated rings. The smallest absolute Gasteiger partial charge is 0.310 e. The Balaban J connectivity index is 2.52. The summed E-state index contributed by atoms with van der Waals surface area (Å²) in [6.07, 6.45) is 0. The van der Waals surface area contributed by atoms with Crippen LogP contribution in [0.3, 0.4) is 0 Å². The number of nitrogens with zero attached hydrogens (tertiary/aromatic N) is 1. The van der Waals surface area contributed by atoms with Crippen molar-refractivity contribution in [2.75, 3.05) is 13.7 Å². The maximum absolute atomic E-state index is 11.3. The monoisotopic (exact) mass is 247 g/mol. The van der Waals surface area contributed by atoms with Gasteiger partial charge >= 0.3 is 11.8 Å². The number of methoxy groups -OCH3 is 1. The van der Waals surface area contributed by atoms with E-state index in [9.17, 15) is 9.59 Å². The number of carbonyl (C=O) groups excluding carboxylic acids is 2. The summed E-state index contributed by atoms with van der Waals surface area (Å²) < 4.78 is 5.11. The van der Waals surface area contributed by atoms with Gasteiger partial charge in [0, 0.05) is 12.1 Å². The number of amides is 2. The highest BCUT2D eigenvalue weighted by molar-refractivity contribution is 6.35. The van der Waals surface area contributed by atoms with E-state index in [-0.39, 0.29) is 13.1 Å². The minimum atomic E-state index is -0.827. The fourth-order valence-corrected chi connectivity index (χ4v) is 1.30. The Kier molecular flexibility index (Phi) is 5.19. The standard InChI is InChI=1S/C12H13N3O3/c1-18-10-5-3-2-4-9(10)8-15-12(17)11(16)14-7-6-13/h2-5H,7-8H2,1H3,(H,14,16)(H,15,17). The Hall–Kier alpha value is -2.55. The second kappa shape index (κ2) is 6.91. The second-order valence-electron chi connectivity index (χ2n) is 3.34. The molecule has 2 amide bonds. The highest BCUT2D eigenvalue weighted by Crippen LogP contribution is 2.16. The summed E-state index contributed by atoms with van der Waals surface area (Å²) >= 11 is 0. The zero-order valence-electron chi connectivity index (χ0n) is 9.90. The number of benzene rings is 1. The molecule has 2 N–H and O–H groups in total. The van der Waals surface area contributed by atoms with Gasteiger partial charge in [0.25, 0.3) is 0 Å². The summed E-state index contributed by atoms with van der Waals surface area (Å²) in [5, 5.41) is 12.9. The first-order chi connectivity index (χ1) is 8.69. The average molecular weight is 247 g/mol. The first kappa shape index (κ1) is 13.5. The lowest BCUT2D eigenvalue weighted by atomic mass is 10.2. The van der Waals surface area contributed by atoms with Crippen molar-refractivity contribution in [3.8, 4) is 11.8 Å². The molecule has 0 atom stereocenters. The van der Waals surface area contributed by atoms with Gasteiger partial charge in [-0.2, -0.15) is 5.26 Å². The van der Waals surface area contributed by atoms with Crippen LogP contribution in [0.4, 0.5) is 0 Å². The van der Waals surface area contributed by atoms with E-state index in [0.717, 1.165) is 5.56 Å². The largest absolute Gasteiger partial charge is 0.496 e. The molecule has 0 aliphatic heterocycles. The van der Waals surface area contributed by atoms with E-state index < -0.39 is 11.8 Å². The van der Waals surface area contributed by atoms with Crippen LogP contribution in [0.5, 0.6) is 5.75 Å². The van der Waals surface area contributed by atoms with Crippen LogP contribution in [0.15, 0.2) is 24.3 Å². The second-order valence-corrected chi connectivity index (χ2v) is 3.34. The predicted molar refractivity (Wildman–Crippen MR) is 63.5 cm³/mol. The summed E-state index contributed by atoms with van der Waals surface area (Å²) in [5.41, 5.74) is 0.765. The van der Waals surface area contributed by atoms with E-state index >= 15 is 0 Å². The van der Waals surface area contributed by atoms with Crippen LogP contribution >= 0.6 is 0 Å². The van der Waals surface area contributed by atoms with Crippen LogP contribution in [0.1, 0.15) is 5.56 Å². The van der Waals surface area contributed by atoms with E-state index in [1.165, 1.54) is 7.11 Å². The van der Waals surface area contributed by atoms with Crippen LogP contribution in [0, 0.1) is 11.3 Å². The molecule has 0 aliphatic rings. The molecule has 0 bridgehead atoms. The molecule has 6 heteroatoms. The normalized spacial score (nSPS) is 9.11. The average Bonchev–Trinajstić information content (AvgIpc) is 2.42. The SMILES string of the molecule is COc1ccccc1CNC(=O)C(=O)NCC#N. The van der Waals surface area contributed by atoms with Crippen molar-refractivity contribution in [2.24, 2.45) is 0 Å². The summed E-state index contributed by atoms with van der Waals surface area (Å²) in [4.78, 5) is 22.5. The number of nitriles is 1. The zero-order chi connectivity index (χ0) is 13.4.